The summed E-state index contributed by atoms with van der Waals surface area (Å²) in [5, 5.41) is 0. The molecule has 0 radical (unpaired) electrons. The molecule has 0 amide bonds. The van der Waals surface area contributed by atoms with Crippen molar-refractivity contribution in [2.45, 2.75) is 19.4 Å². The van der Waals surface area contributed by atoms with Crippen LogP contribution < -0.4 is 0 Å². The number of carbonyl (C=O) groups is 1. The van der Waals surface area contributed by atoms with Crippen molar-refractivity contribution in [1.82, 2.24) is 0 Å². The van der Waals surface area contributed by atoms with E-state index in [4.69, 9.17) is 4.74 Å². The molecule has 0 heterocycles. The third-order valence-electron chi connectivity index (χ3n) is 2.69. The highest BCUT2D eigenvalue weighted by Gasteiger charge is 2.32. The number of fused-ring (bicyclic) bond motifs is 2. The maximum absolute atomic E-state index is 11.5. The van der Waals surface area contributed by atoms with Crippen LogP contribution in [-0.2, 0) is 9.53 Å². The molecule has 3 aliphatic carbocycles. The molecule has 13 heavy (non-hydrogen) atoms. The van der Waals surface area contributed by atoms with Crippen LogP contribution in [0.25, 0.3) is 0 Å². The van der Waals surface area contributed by atoms with Gasteiger partial charge in [-0.15, -0.1) is 0 Å². The third kappa shape index (κ3) is 1.59. The second-order valence-corrected chi connectivity index (χ2v) is 3.57. The monoisotopic (exact) mass is 178 g/mol. The lowest BCUT2D eigenvalue weighted by atomic mass is 9.87. The Bertz CT molecular complexity index is 265. The largest absolute Gasteiger partial charge is 0.377 e. The number of ketones is 1. The van der Waals surface area contributed by atoms with Gasteiger partial charge in [0.05, 0.1) is 12.0 Å². The molecule has 70 valence electrons. The van der Waals surface area contributed by atoms with E-state index in [1.54, 1.807) is 6.08 Å². The molecule has 0 fully saturated rings. The summed E-state index contributed by atoms with van der Waals surface area (Å²) in [6.07, 6.45) is 8.85. The molecule has 0 saturated carbocycles. The molecule has 0 aromatic heterocycles. The lowest BCUT2D eigenvalue weighted by molar-refractivity contribution is -0.121. The van der Waals surface area contributed by atoms with Crippen LogP contribution in [0.4, 0.5) is 0 Å². The molecule has 2 bridgehead atoms. The SMILES string of the molecule is CCO[C@H]1CC2C=CC(=O)C1C=C2. The highest BCUT2D eigenvalue weighted by molar-refractivity contribution is 5.94. The van der Waals surface area contributed by atoms with Crippen LogP contribution in [0.2, 0.25) is 0 Å². The molecule has 3 atom stereocenters. The standard InChI is InChI=1S/C11H14O2/c1-2-13-11-7-8-3-5-9(11)10(12)6-4-8/h3-6,8-9,11H,2,7H2,1H3/t8?,9?,11-/m0/s1. The topological polar surface area (TPSA) is 26.3 Å². The van der Waals surface area contributed by atoms with Crippen molar-refractivity contribution in [2.24, 2.45) is 11.8 Å². The van der Waals surface area contributed by atoms with Gasteiger partial charge >= 0.3 is 0 Å². The summed E-state index contributed by atoms with van der Waals surface area (Å²) in [7, 11) is 0. The summed E-state index contributed by atoms with van der Waals surface area (Å²) < 4.78 is 5.56. The minimum Gasteiger partial charge on any atom is -0.377 e. The van der Waals surface area contributed by atoms with E-state index in [9.17, 15) is 4.79 Å². The first-order valence-electron chi connectivity index (χ1n) is 4.83. The second-order valence-electron chi connectivity index (χ2n) is 3.57. The van der Waals surface area contributed by atoms with Crippen LogP contribution >= 0.6 is 0 Å². The number of carbonyl (C=O) groups excluding carboxylic acids is 1. The minimum atomic E-state index is -0.0325. The van der Waals surface area contributed by atoms with Crippen LogP contribution in [0.3, 0.4) is 0 Å². The van der Waals surface area contributed by atoms with Crippen molar-refractivity contribution in [3.8, 4) is 0 Å². The van der Waals surface area contributed by atoms with Crippen molar-refractivity contribution in [1.29, 1.82) is 0 Å². The Kier molecular flexibility index (Phi) is 2.32. The summed E-state index contributed by atoms with van der Waals surface area (Å²) in [6, 6.07) is 0. The maximum Gasteiger partial charge on any atom is 0.164 e. The zero-order chi connectivity index (χ0) is 9.26. The molecule has 0 saturated heterocycles. The molecule has 0 aliphatic heterocycles. The van der Waals surface area contributed by atoms with Crippen LogP contribution in [0.15, 0.2) is 24.3 Å². The van der Waals surface area contributed by atoms with E-state index in [0.29, 0.717) is 12.5 Å². The van der Waals surface area contributed by atoms with Crippen LogP contribution in [0.1, 0.15) is 13.3 Å². The molecule has 0 N–H and O–H groups in total. The number of ether oxygens (including phenoxy) is 1. The Balaban J connectivity index is 2.20. The molecule has 0 aromatic rings. The third-order valence-corrected chi connectivity index (χ3v) is 2.69. The Morgan fingerprint density at radius 2 is 2.31 bits per heavy atom. The Hall–Kier alpha value is -0.890. The zero-order valence-electron chi connectivity index (χ0n) is 7.77. The molecule has 3 aliphatic rings. The maximum atomic E-state index is 11.5. The van der Waals surface area contributed by atoms with Gasteiger partial charge in [0.2, 0.25) is 0 Å². The predicted octanol–water partition coefficient (Wildman–Crippen LogP) is 1.72. The van der Waals surface area contributed by atoms with Crippen LogP contribution in [-0.4, -0.2) is 18.5 Å². The van der Waals surface area contributed by atoms with Crippen molar-refractivity contribution in [2.75, 3.05) is 6.61 Å². The summed E-state index contributed by atoms with van der Waals surface area (Å²) in [5.41, 5.74) is 0. The average Bonchev–Trinajstić information content (AvgIpc) is 2.38. The van der Waals surface area contributed by atoms with Gasteiger partial charge in [0.1, 0.15) is 0 Å². The molecule has 2 nitrogen and oxygen atoms in total. The summed E-state index contributed by atoms with van der Waals surface area (Å²) in [4.78, 5) is 11.5. The Labute approximate surface area is 78.3 Å². The van der Waals surface area contributed by atoms with E-state index in [-0.39, 0.29) is 17.8 Å². The van der Waals surface area contributed by atoms with Crippen LogP contribution in [0.5, 0.6) is 0 Å². The van der Waals surface area contributed by atoms with Gasteiger partial charge in [0, 0.05) is 6.61 Å². The van der Waals surface area contributed by atoms with E-state index in [0.717, 1.165) is 6.42 Å². The summed E-state index contributed by atoms with van der Waals surface area (Å²) in [5.74, 6) is 0.559. The molecular weight excluding hydrogens is 164 g/mol. The first-order chi connectivity index (χ1) is 6.31. The van der Waals surface area contributed by atoms with E-state index in [1.807, 2.05) is 19.1 Å². The Morgan fingerprint density at radius 3 is 3.08 bits per heavy atom. The van der Waals surface area contributed by atoms with Crippen molar-refractivity contribution < 1.29 is 9.53 Å². The number of rotatable bonds is 2. The summed E-state index contributed by atoms with van der Waals surface area (Å²) in [6.45, 7) is 2.66. The fourth-order valence-electron chi connectivity index (χ4n) is 2.02. The van der Waals surface area contributed by atoms with Gasteiger partial charge in [0.25, 0.3) is 0 Å². The van der Waals surface area contributed by atoms with Gasteiger partial charge in [-0.2, -0.15) is 0 Å². The average molecular weight is 178 g/mol. The molecular formula is C11H14O2. The molecule has 2 heteroatoms. The van der Waals surface area contributed by atoms with Gasteiger partial charge in [-0.1, -0.05) is 18.2 Å². The fourth-order valence-corrected chi connectivity index (χ4v) is 2.02. The summed E-state index contributed by atoms with van der Waals surface area (Å²) >= 11 is 0. The zero-order valence-corrected chi connectivity index (χ0v) is 7.77. The number of hydrogen-bond donors (Lipinski definition) is 0. The first-order valence-corrected chi connectivity index (χ1v) is 4.83. The van der Waals surface area contributed by atoms with E-state index >= 15 is 0 Å². The lowest BCUT2D eigenvalue weighted by Crippen LogP contribution is -2.30. The highest BCUT2D eigenvalue weighted by atomic mass is 16.5. The molecule has 3 rings (SSSR count). The van der Waals surface area contributed by atoms with Gasteiger partial charge < -0.3 is 4.74 Å². The first kappa shape index (κ1) is 8.70. The van der Waals surface area contributed by atoms with Crippen molar-refractivity contribution >= 4 is 5.78 Å². The molecule has 0 aromatic carbocycles. The van der Waals surface area contributed by atoms with Gasteiger partial charge in [-0.3, -0.25) is 4.79 Å². The number of allylic oxidation sites excluding steroid dienone is 3. The quantitative estimate of drug-likeness (QED) is 0.602. The number of hydrogen-bond acceptors (Lipinski definition) is 2. The highest BCUT2D eigenvalue weighted by Crippen LogP contribution is 2.30. The van der Waals surface area contributed by atoms with E-state index < -0.39 is 0 Å². The predicted molar refractivity (Wildman–Crippen MR) is 50.3 cm³/mol. The molecule has 2 unspecified atom stereocenters. The minimum absolute atomic E-state index is 0.0325. The smallest absolute Gasteiger partial charge is 0.164 e. The van der Waals surface area contributed by atoms with Crippen molar-refractivity contribution in [3.63, 3.8) is 0 Å². The van der Waals surface area contributed by atoms with E-state index in [1.165, 1.54) is 0 Å². The fraction of sp³-hybridized carbons (Fsp3) is 0.545. The lowest BCUT2D eigenvalue weighted by Gasteiger charge is -2.26. The van der Waals surface area contributed by atoms with Crippen molar-refractivity contribution in [3.05, 3.63) is 24.3 Å². The normalized spacial score (nSPS) is 36.7. The van der Waals surface area contributed by atoms with Gasteiger partial charge in [-0.05, 0) is 25.3 Å². The van der Waals surface area contributed by atoms with E-state index in [2.05, 4.69) is 6.08 Å². The molecule has 0 spiro atoms. The Morgan fingerprint density at radius 1 is 1.46 bits per heavy atom. The van der Waals surface area contributed by atoms with Crippen LogP contribution in [0, 0.1) is 11.8 Å². The van der Waals surface area contributed by atoms with Gasteiger partial charge in [0.15, 0.2) is 5.78 Å². The second kappa shape index (κ2) is 3.46. The van der Waals surface area contributed by atoms with Gasteiger partial charge in [-0.25, -0.2) is 0 Å².